The highest BCUT2D eigenvalue weighted by molar-refractivity contribution is 9.10. The lowest BCUT2D eigenvalue weighted by atomic mass is 10.1. The second-order valence-electron chi connectivity index (χ2n) is 3.74. The zero-order valence-electron chi connectivity index (χ0n) is 9.81. The van der Waals surface area contributed by atoms with Crippen molar-refractivity contribution in [2.24, 2.45) is 0 Å². The molecule has 94 valence electrons. The van der Waals surface area contributed by atoms with Crippen LogP contribution in [-0.4, -0.2) is 35.0 Å². The number of halogens is 1. The van der Waals surface area contributed by atoms with Gasteiger partial charge in [-0.3, -0.25) is 9.59 Å². The van der Waals surface area contributed by atoms with E-state index >= 15 is 0 Å². The number of carbonyl (C=O) groups excluding carboxylic acids is 1. The van der Waals surface area contributed by atoms with Crippen molar-refractivity contribution in [3.63, 3.8) is 0 Å². The summed E-state index contributed by atoms with van der Waals surface area (Å²) in [5, 5.41) is 8.75. The van der Waals surface area contributed by atoms with E-state index in [-0.39, 0.29) is 6.54 Å². The number of carbonyl (C=O) groups is 2. The number of carboxylic acid groups (broad SMARTS) is 1. The highest BCUT2D eigenvalue weighted by Gasteiger charge is 2.19. The van der Waals surface area contributed by atoms with E-state index in [1.165, 1.54) is 0 Å². The van der Waals surface area contributed by atoms with Gasteiger partial charge in [0.05, 0.1) is 12.1 Å². The van der Waals surface area contributed by atoms with Crippen molar-refractivity contribution in [1.29, 1.82) is 0 Å². The number of hydrogen-bond acceptors (Lipinski definition) is 2. The highest BCUT2D eigenvalue weighted by Crippen LogP contribution is 2.20. The van der Waals surface area contributed by atoms with Gasteiger partial charge in [0.1, 0.15) is 6.54 Å². The smallest absolute Gasteiger partial charge is 0.323 e. The third kappa shape index (κ3) is 3.60. The number of aliphatic carboxylic acids is 1. The molecule has 4 nitrogen and oxygen atoms in total. The molecular formula is C13H12BrNO3. The van der Waals surface area contributed by atoms with Gasteiger partial charge >= 0.3 is 5.97 Å². The first-order valence-electron chi connectivity index (χ1n) is 5.16. The van der Waals surface area contributed by atoms with Crippen molar-refractivity contribution >= 4 is 27.8 Å². The van der Waals surface area contributed by atoms with E-state index in [9.17, 15) is 9.59 Å². The predicted octanol–water partition coefficient (Wildman–Crippen LogP) is 1.92. The van der Waals surface area contributed by atoms with Crippen LogP contribution in [-0.2, 0) is 4.79 Å². The molecule has 0 unspecified atom stereocenters. The van der Waals surface area contributed by atoms with Gasteiger partial charge < -0.3 is 10.0 Å². The second kappa shape index (κ2) is 6.22. The Morgan fingerprint density at radius 1 is 1.50 bits per heavy atom. The number of aryl methyl sites for hydroxylation is 1. The number of hydrogen-bond donors (Lipinski definition) is 1. The van der Waals surface area contributed by atoms with E-state index in [2.05, 4.69) is 21.9 Å². The lowest BCUT2D eigenvalue weighted by Crippen LogP contribution is -2.36. The molecule has 1 amide bonds. The molecule has 0 aromatic heterocycles. The molecule has 0 aliphatic rings. The average molecular weight is 310 g/mol. The molecule has 1 aromatic carbocycles. The van der Waals surface area contributed by atoms with Crippen LogP contribution in [0.15, 0.2) is 22.7 Å². The molecular weight excluding hydrogens is 298 g/mol. The summed E-state index contributed by atoms with van der Waals surface area (Å²) in [5.74, 6) is 0.785. The molecule has 0 fully saturated rings. The van der Waals surface area contributed by atoms with Crippen LogP contribution in [0.4, 0.5) is 0 Å². The van der Waals surface area contributed by atoms with Gasteiger partial charge in [0.15, 0.2) is 0 Å². The van der Waals surface area contributed by atoms with Crippen LogP contribution >= 0.6 is 15.9 Å². The molecule has 0 aliphatic carbocycles. The summed E-state index contributed by atoms with van der Waals surface area (Å²) >= 11 is 3.29. The molecule has 0 aliphatic heterocycles. The van der Waals surface area contributed by atoms with E-state index < -0.39 is 18.4 Å². The third-order valence-electron chi connectivity index (χ3n) is 2.25. The molecule has 0 radical (unpaired) electrons. The van der Waals surface area contributed by atoms with Gasteiger partial charge in [-0.1, -0.05) is 12.0 Å². The van der Waals surface area contributed by atoms with Crippen molar-refractivity contribution in [1.82, 2.24) is 4.90 Å². The Labute approximate surface area is 114 Å². The van der Waals surface area contributed by atoms with Gasteiger partial charge in [-0.15, -0.1) is 6.42 Å². The molecule has 5 heteroatoms. The second-order valence-corrected chi connectivity index (χ2v) is 4.60. The first kappa shape index (κ1) is 14.3. The minimum absolute atomic E-state index is 0.0363. The van der Waals surface area contributed by atoms with Gasteiger partial charge in [-0.25, -0.2) is 0 Å². The Bertz CT molecular complexity index is 519. The number of carboxylic acids is 1. The molecule has 1 rings (SSSR count). The largest absolute Gasteiger partial charge is 0.480 e. The SMILES string of the molecule is C#CCN(CC(=O)O)C(=O)c1ccc(C)cc1Br. The van der Waals surface area contributed by atoms with Crippen LogP contribution in [0.2, 0.25) is 0 Å². The Kier molecular flexibility index (Phi) is 4.93. The molecule has 0 bridgehead atoms. The molecule has 1 N–H and O–H groups in total. The topological polar surface area (TPSA) is 57.6 Å². The molecule has 0 heterocycles. The number of benzene rings is 1. The lowest BCUT2D eigenvalue weighted by molar-refractivity contribution is -0.137. The summed E-state index contributed by atoms with van der Waals surface area (Å²) in [5.41, 5.74) is 1.40. The van der Waals surface area contributed by atoms with Crippen LogP contribution in [0.3, 0.4) is 0 Å². The first-order chi connectivity index (χ1) is 8.45. The maximum atomic E-state index is 12.1. The predicted molar refractivity (Wildman–Crippen MR) is 71.3 cm³/mol. The minimum Gasteiger partial charge on any atom is -0.480 e. The highest BCUT2D eigenvalue weighted by atomic mass is 79.9. The Morgan fingerprint density at radius 3 is 2.67 bits per heavy atom. The van der Waals surface area contributed by atoms with Crippen LogP contribution in [0.25, 0.3) is 0 Å². The van der Waals surface area contributed by atoms with E-state index in [1.807, 2.05) is 6.92 Å². The van der Waals surface area contributed by atoms with Crippen molar-refractivity contribution in [2.45, 2.75) is 6.92 Å². The lowest BCUT2D eigenvalue weighted by Gasteiger charge is -2.18. The third-order valence-corrected chi connectivity index (χ3v) is 2.91. The van der Waals surface area contributed by atoms with Gasteiger partial charge in [-0.2, -0.15) is 0 Å². The Morgan fingerprint density at radius 2 is 2.17 bits per heavy atom. The van der Waals surface area contributed by atoms with E-state index in [0.717, 1.165) is 10.5 Å². The average Bonchev–Trinajstić information content (AvgIpc) is 2.27. The zero-order chi connectivity index (χ0) is 13.7. The normalized spacial score (nSPS) is 9.61. The molecule has 0 saturated carbocycles. The fraction of sp³-hybridized carbons (Fsp3) is 0.231. The fourth-order valence-corrected chi connectivity index (χ4v) is 2.10. The first-order valence-corrected chi connectivity index (χ1v) is 5.95. The van der Waals surface area contributed by atoms with Crippen molar-refractivity contribution in [3.05, 3.63) is 33.8 Å². The molecule has 18 heavy (non-hydrogen) atoms. The van der Waals surface area contributed by atoms with Gasteiger partial charge in [0, 0.05) is 4.47 Å². The van der Waals surface area contributed by atoms with Crippen molar-refractivity contribution in [3.8, 4) is 12.3 Å². The standard InChI is InChI=1S/C13H12BrNO3/c1-3-6-15(8-12(16)17)13(18)10-5-4-9(2)7-11(10)14/h1,4-5,7H,6,8H2,2H3,(H,16,17). The fourth-order valence-electron chi connectivity index (χ4n) is 1.44. The maximum absolute atomic E-state index is 12.1. The summed E-state index contributed by atoms with van der Waals surface area (Å²) in [6.07, 6.45) is 5.13. The van der Waals surface area contributed by atoms with Gasteiger partial charge in [0.2, 0.25) is 0 Å². The Hall–Kier alpha value is -1.80. The molecule has 1 aromatic rings. The Balaban J connectivity index is 3.02. The molecule has 0 saturated heterocycles. The summed E-state index contributed by atoms with van der Waals surface area (Å²) in [6.45, 7) is 1.45. The van der Waals surface area contributed by atoms with E-state index in [4.69, 9.17) is 11.5 Å². The van der Waals surface area contributed by atoms with Crippen molar-refractivity contribution < 1.29 is 14.7 Å². The van der Waals surface area contributed by atoms with E-state index in [1.54, 1.807) is 18.2 Å². The summed E-state index contributed by atoms with van der Waals surface area (Å²) in [7, 11) is 0. The molecule has 0 spiro atoms. The number of rotatable bonds is 4. The molecule has 0 atom stereocenters. The van der Waals surface area contributed by atoms with Crippen LogP contribution in [0, 0.1) is 19.3 Å². The summed E-state index contributed by atoms with van der Waals surface area (Å²) in [6, 6.07) is 5.22. The van der Waals surface area contributed by atoms with Crippen LogP contribution in [0.5, 0.6) is 0 Å². The minimum atomic E-state index is -1.10. The number of nitrogens with zero attached hydrogens (tertiary/aromatic N) is 1. The number of terminal acetylenes is 1. The van der Waals surface area contributed by atoms with Gasteiger partial charge in [0.25, 0.3) is 5.91 Å². The maximum Gasteiger partial charge on any atom is 0.323 e. The van der Waals surface area contributed by atoms with Gasteiger partial charge in [-0.05, 0) is 40.5 Å². The number of amides is 1. The quantitative estimate of drug-likeness (QED) is 0.865. The summed E-state index contributed by atoms with van der Waals surface area (Å²) in [4.78, 5) is 23.9. The zero-order valence-corrected chi connectivity index (χ0v) is 11.4. The van der Waals surface area contributed by atoms with E-state index in [0.29, 0.717) is 10.0 Å². The summed E-state index contributed by atoms with van der Waals surface area (Å²) < 4.78 is 0.625. The van der Waals surface area contributed by atoms with Crippen LogP contribution in [0.1, 0.15) is 15.9 Å². The van der Waals surface area contributed by atoms with Crippen LogP contribution < -0.4 is 0 Å². The van der Waals surface area contributed by atoms with Crippen molar-refractivity contribution in [2.75, 3.05) is 13.1 Å². The monoisotopic (exact) mass is 309 g/mol.